The van der Waals surface area contributed by atoms with Crippen molar-refractivity contribution in [2.45, 2.75) is 19.4 Å². The fraction of sp³-hybridized carbons (Fsp3) is 0.235. The predicted molar refractivity (Wildman–Crippen MR) is 85.6 cm³/mol. The maximum atomic E-state index is 6.10. The van der Waals surface area contributed by atoms with Gasteiger partial charge in [0, 0.05) is 29.1 Å². The first-order valence-electron chi connectivity index (χ1n) is 7.09. The minimum absolute atomic E-state index is 0.106. The molecule has 1 unspecified atom stereocenters. The SMILES string of the molecule is CCNC(Cc1ccc2ccccc2n1)c1ccoc1Cl. The summed E-state index contributed by atoms with van der Waals surface area (Å²) < 4.78 is 5.20. The fourth-order valence-electron chi connectivity index (χ4n) is 2.52. The van der Waals surface area contributed by atoms with Crippen molar-refractivity contribution >= 4 is 22.5 Å². The molecule has 0 radical (unpaired) electrons. The molecule has 0 aliphatic carbocycles. The van der Waals surface area contributed by atoms with Crippen LogP contribution in [0.5, 0.6) is 0 Å². The first-order chi connectivity index (χ1) is 10.3. The second kappa shape index (κ2) is 6.29. The number of nitrogens with one attached hydrogen (secondary N) is 1. The van der Waals surface area contributed by atoms with Crippen LogP contribution in [0.2, 0.25) is 5.22 Å². The molecule has 0 saturated heterocycles. The molecule has 4 heteroatoms. The highest BCUT2D eigenvalue weighted by atomic mass is 35.5. The number of hydrogen-bond acceptors (Lipinski definition) is 3. The molecule has 2 heterocycles. The molecule has 108 valence electrons. The molecule has 0 spiro atoms. The lowest BCUT2D eigenvalue weighted by atomic mass is 10.0. The summed E-state index contributed by atoms with van der Waals surface area (Å²) in [5.74, 6) is 0. The van der Waals surface area contributed by atoms with Gasteiger partial charge in [0.05, 0.1) is 11.8 Å². The maximum absolute atomic E-state index is 6.10. The molecule has 1 atom stereocenters. The summed E-state index contributed by atoms with van der Waals surface area (Å²) in [6.07, 6.45) is 2.40. The number of benzene rings is 1. The van der Waals surface area contributed by atoms with E-state index in [2.05, 4.69) is 30.4 Å². The number of para-hydroxylation sites is 1. The lowest BCUT2D eigenvalue weighted by Crippen LogP contribution is -2.23. The second-order valence-electron chi connectivity index (χ2n) is 4.96. The van der Waals surface area contributed by atoms with Crippen LogP contribution in [0, 0.1) is 0 Å². The summed E-state index contributed by atoms with van der Waals surface area (Å²) in [4.78, 5) is 4.72. The summed E-state index contributed by atoms with van der Waals surface area (Å²) in [5, 5.41) is 5.04. The van der Waals surface area contributed by atoms with Crippen LogP contribution < -0.4 is 5.32 Å². The van der Waals surface area contributed by atoms with Crippen molar-refractivity contribution in [2.75, 3.05) is 6.54 Å². The molecule has 2 aromatic heterocycles. The van der Waals surface area contributed by atoms with Gasteiger partial charge in [0.1, 0.15) is 0 Å². The van der Waals surface area contributed by atoms with Crippen molar-refractivity contribution in [1.82, 2.24) is 10.3 Å². The normalized spacial score (nSPS) is 12.7. The Balaban J connectivity index is 1.89. The number of pyridine rings is 1. The number of hydrogen-bond donors (Lipinski definition) is 1. The third kappa shape index (κ3) is 3.09. The highest BCUT2D eigenvalue weighted by Gasteiger charge is 2.17. The molecule has 0 aliphatic heterocycles. The first-order valence-corrected chi connectivity index (χ1v) is 7.46. The number of fused-ring (bicyclic) bond motifs is 1. The zero-order valence-electron chi connectivity index (χ0n) is 11.8. The van der Waals surface area contributed by atoms with Gasteiger partial charge in [0.15, 0.2) is 5.22 Å². The Labute approximate surface area is 128 Å². The average molecular weight is 301 g/mol. The Morgan fingerprint density at radius 1 is 1.19 bits per heavy atom. The number of halogens is 1. The van der Waals surface area contributed by atoms with Crippen LogP contribution in [0.25, 0.3) is 10.9 Å². The van der Waals surface area contributed by atoms with Gasteiger partial charge in [-0.15, -0.1) is 0 Å². The van der Waals surface area contributed by atoms with Gasteiger partial charge >= 0.3 is 0 Å². The number of furan rings is 1. The number of nitrogens with zero attached hydrogens (tertiary/aromatic N) is 1. The topological polar surface area (TPSA) is 38.1 Å². The maximum Gasteiger partial charge on any atom is 0.197 e. The Hall–Kier alpha value is -1.84. The van der Waals surface area contributed by atoms with Gasteiger partial charge in [-0.2, -0.15) is 0 Å². The molecule has 3 nitrogen and oxygen atoms in total. The zero-order valence-corrected chi connectivity index (χ0v) is 12.6. The molecule has 0 aliphatic rings. The molecule has 0 amide bonds. The highest BCUT2D eigenvalue weighted by molar-refractivity contribution is 6.29. The van der Waals surface area contributed by atoms with Gasteiger partial charge in [-0.1, -0.05) is 31.2 Å². The van der Waals surface area contributed by atoms with Crippen molar-refractivity contribution in [1.29, 1.82) is 0 Å². The summed E-state index contributed by atoms with van der Waals surface area (Å²) in [7, 11) is 0. The van der Waals surface area contributed by atoms with Crippen molar-refractivity contribution in [3.05, 3.63) is 65.2 Å². The molecular weight excluding hydrogens is 284 g/mol. The van der Waals surface area contributed by atoms with Crippen LogP contribution in [-0.4, -0.2) is 11.5 Å². The quantitative estimate of drug-likeness (QED) is 0.760. The van der Waals surface area contributed by atoms with E-state index in [-0.39, 0.29) is 6.04 Å². The minimum Gasteiger partial charge on any atom is -0.453 e. The number of rotatable bonds is 5. The summed E-state index contributed by atoms with van der Waals surface area (Å²) in [6, 6.07) is 14.3. The third-order valence-corrected chi connectivity index (χ3v) is 3.85. The molecular formula is C17H17ClN2O. The molecule has 3 aromatic rings. The van der Waals surface area contributed by atoms with Crippen molar-refractivity contribution in [2.24, 2.45) is 0 Å². The van der Waals surface area contributed by atoms with Crippen LogP contribution in [0.1, 0.15) is 24.2 Å². The summed E-state index contributed by atoms with van der Waals surface area (Å²) in [6.45, 7) is 2.94. The van der Waals surface area contributed by atoms with Gasteiger partial charge in [-0.3, -0.25) is 4.98 Å². The average Bonchev–Trinajstić information content (AvgIpc) is 2.93. The largest absolute Gasteiger partial charge is 0.453 e. The third-order valence-electron chi connectivity index (χ3n) is 3.54. The van der Waals surface area contributed by atoms with E-state index in [4.69, 9.17) is 21.0 Å². The van der Waals surface area contributed by atoms with Gasteiger partial charge in [-0.25, -0.2) is 0 Å². The molecule has 0 bridgehead atoms. The Kier molecular flexibility index (Phi) is 4.23. The summed E-state index contributed by atoms with van der Waals surface area (Å²) in [5.41, 5.74) is 3.04. The molecule has 3 rings (SSSR count). The fourth-order valence-corrected chi connectivity index (χ4v) is 2.77. The van der Waals surface area contributed by atoms with Gasteiger partial charge in [0.2, 0.25) is 0 Å². The van der Waals surface area contributed by atoms with Crippen LogP contribution in [0.3, 0.4) is 0 Å². The first kappa shape index (κ1) is 14.1. The molecule has 1 aromatic carbocycles. The summed E-state index contributed by atoms with van der Waals surface area (Å²) >= 11 is 6.10. The van der Waals surface area contributed by atoms with E-state index in [0.717, 1.165) is 35.1 Å². The van der Waals surface area contributed by atoms with E-state index in [0.29, 0.717) is 5.22 Å². The van der Waals surface area contributed by atoms with E-state index in [1.165, 1.54) is 0 Å². The van der Waals surface area contributed by atoms with E-state index in [1.807, 2.05) is 24.3 Å². The Bertz CT molecular complexity index is 738. The predicted octanol–water partition coefficient (Wildman–Crippen LogP) is 4.37. The minimum atomic E-state index is 0.106. The smallest absolute Gasteiger partial charge is 0.197 e. The van der Waals surface area contributed by atoms with Crippen molar-refractivity contribution in [3.63, 3.8) is 0 Å². The van der Waals surface area contributed by atoms with Crippen molar-refractivity contribution < 1.29 is 4.42 Å². The van der Waals surface area contributed by atoms with E-state index in [1.54, 1.807) is 6.26 Å². The number of likely N-dealkylation sites (N-methyl/N-ethyl adjacent to an activating group) is 1. The molecule has 1 N–H and O–H groups in total. The monoisotopic (exact) mass is 300 g/mol. The van der Waals surface area contributed by atoms with Crippen molar-refractivity contribution in [3.8, 4) is 0 Å². The van der Waals surface area contributed by atoms with E-state index in [9.17, 15) is 0 Å². The van der Waals surface area contributed by atoms with E-state index >= 15 is 0 Å². The van der Waals surface area contributed by atoms with Crippen LogP contribution in [-0.2, 0) is 6.42 Å². The Morgan fingerprint density at radius 2 is 2.05 bits per heavy atom. The molecule has 21 heavy (non-hydrogen) atoms. The number of aromatic nitrogens is 1. The van der Waals surface area contributed by atoms with Gasteiger partial charge in [-0.05, 0) is 36.3 Å². The zero-order chi connectivity index (χ0) is 14.7. The lowest BCUT2D eigenvalue weighted by molar-refractivity contribution is 0.523. The van der Waals surface area contributed by atoms with Gasteiger partial charge < -0.3 is 9.73 Å². The molecule has 0 fully saturated rings. The molecule has 0 saturated carbocycles. The van der Waals surface area contributed by atoms with Crippen LogP contribution >= 0.6 is 11.6 Å². The lowest BCUT2D eigenvalue weighted by Gasteiger charge is -2.16. The van der Waals surface area contributed by atoms with Gasteiger partial charge in [0.25, 0.3) is 0 Å². The highest BCUT2D eigenvalue weighted by Crippen LogP contribution is 2.26. The second-order valence-corrected chi connectivity index (χ2v) is 5.30. The standard InChI is InChI=1S/C17H17ClN2O/c1-2-19-16(14-9-10-21-17(14)18)11-13-8-7-12-5-3-4-6-15(12)20-13/h3-10,16,19H,2,11H2,1H3. The van der Waals surface area contributed by atoms with Crippen LogP contribution in [0.15, 0.2) is 53.1 Å². The van der Waals surface area contributed by atoms with Crippen LogP contribution in [0.4, 0.5) is 0 Å². The van der Waals surface area contributed by atoms with E-state index < -0.39 is 0 Å². The Morgan fingerprint density at radius 3 is 2.81 bits per heavy atom.